The third-order valence-corrected chi connectivity index (χ3v) is 7.09. The zero-order chi connectivity index (χ0) is 19.7. The number of carbonyl (C=O) groups is 2. The van der Waals surface area contributed by atoms with Gasteiger partial charge in [-0.25, -0.2) is 0 Å². The molecule has 1 heterocycles. The van der Waals surface area contributed by atoms with Crippen molar-refractivity contribution in [3.05, 3.63) is 35.4 Å². The van der Waals surface area contributed by atoms with Crippen LogP contribution in [0.5, 0.6) is 0 Å². The monoisotopic (exact) mass is 382 g/mol. The lowest BCUT2D eigenvalue weighted by atomic mass is 9.69. The third-order valence-electron chi connectivity index (χ3n) is 7.09. The van der Waals surface area contributed by atoms with Crippen molar-refractivity contribution < 1.29 is 9.59 Å². The molecule has 1 spiro atoms. The van der Waals surface area contributed by atoms with Crippen molar-refractivity contribution in [2.45, 2.75) is 89.1 Å². The van der Waals surface area contributed by atoms with Gasteiger partial charge in [-0.15, -0.1) is 0 Å². The average Bonchev–Trinajstić information content (AvgIpc) is 3.17. The van der Waals surface area contributed by atoms with Crippen LogP contribution in [-0.2, 0) is 4.79 Å². The van der Waals surface area contributed by atoms with Crippen molar-refractivity contribution >= 4 is 11.8 Å². The molecule has 3 aliphatic rings. The molecular weight excluding hydrogens is 348 g/mol. The number of hydrogen-bond donors (Lipinski definition) is 1. The second kappa shape index (κ2) is 7.88. The number of fused-ring (bicyclic) bond motifs is 1. The largest absolute Gasteiger partial charge is 0.355 e. The lowest BCUT2D eigenvalue weighted by Crippen LogP contribution is -2.63. The molecule has 1 aliphatic heterocycles. The van der Waals surface area contributed by atoms with Crippen LogP contribution in [0.15, 0.2) is 24.3 Å². The Morgan fingerprint density at radius 1 is 1.11 bits per heavy atom. The van der Waals surface area contributed by atoms with Gasteiger partial charge < -0.3 is 10.2 Å². The summed E-state index contributed by atoms with van der Waals surface area (Å²) in [5, 5.41) is 3.21. The van der Waals surface area contributed by atoms with Crippen LogP contribution >= 0.6 is 0 Å². The third kappa shape index (κ3) is 3.25. The van der Waals surface area contributed by atoms with Crippen molar-refractivity contribution in [1.29, 1.82) is 0 Å². The van der Waals surface area contributed by atoms with E-state index in [4.69, 9.17) is 0 Å². The van der Waals surface area contributed by atoms with E-state index >= 15 is 0 Å². The first-order chi connectivity index (χ1) is 13.5. The maximum atomic E-state index is 13.7. The Hall–Kier alpha value is -1.84. The highest BCUT2D eigenvalue weighted by molar-refractivity contribution is 6.02. The molecule has 0 bridgehead atoms. The first-order valence-corrected chi connectivity index (χ1v) is 11.2. The predicted molar refractivity (Wildman–Crippen MR) is 111 cm³/mol. The normalized spacial score (nSPS) is 24.6. The highest BCUT2D eigenvalue weighted by atomic mass is 16.2. The molecule has 1 atom stereocenters. The minimum atomic E-state index is -0.339. The van der Waals surface area contributed by atoms with E-state index in [-0.39, 0.29) is 29.3 Å². The van der Waals surface area contributed by atoms with E-state index in [1.54, 1.807) is 0 Å². The summed E-state index contributed by atoms with van der Waals surface area (Å²) in [7, 11) is 0. The Morgan fingerprint density at radius 3 is 2.46 bits per heavy atom. The van der Waals surface area contributed by atoms with Gasteiger partial charge >= 0.3 is 0 Å². The standard InChI is InChI=1S/C24H34N2O2/c1-17(2)16-25-22(27)21-19-12-6-7-13-20(19)23(28)26(18-10-4-3-5-11-18)24(21)14-8-9-15-24/h6-7,12-13,17-18,21H,3-5,8-11,14-16H2,1-2H3,(H,25,27)/t21-/m0/s1. The van der Waals surface area contributed by atoms with Crippen molar-refractivity contribution in [1.82, 2.24) is 10.2 Å². The van der Waals surface area contributed by atoms with E-state index in [0.717, 1.165) is 49.7 Å². The van der Waals surface area contributed by atoms with Gasteiger partial charge in [0.25, 0.3) is 5.91 Å². The molecule has 0 aromatic heterocycles. The van der Waals surface area contributed by atoms with Gasteiger partial charge in [0.2, 0.25) is 5.91 Å². The molecule has 0 radical (unpaired) electrons. The molecule has 2 amide bonds. The first kappa shape index (κ1) is 19.5. The van der Waals surface area contributed by atoms with Crippen LogP contribution in [0.4, 0.5) is 0 Å². The molecule has 152 valence electrons. The van der Waals surface area contributed by atoms with Crippen LogP contribution in [-0.4, -0.2) is 34.8 Å². The number of carbonyl (C=O) groups excluding carboxylic acids is 2. The Balaban J connectivity index is 1.80. The molecule has 4 nitrogen and oxygen atoms in total. The summed E-state index contributed by atoms with van der Waals surface area (Å²) < 4.78 is 0. The smallest absolute Gasteiger partial charge is 0.254 e. The zero-order valence-corrected chi connectivity index (χ0v) is 17.4. The molecule has 2 fully saturated rings. The minimum Gasteiger partial charge on any atom is -0.355 e. The maximum Gasteiger partial charge on any atom is 0.254 e. The summed E-state index contributed by atoms with van der Waals surface area (Å²) >= 11 is 0. The topological polar surface area (TPSA) is 49.4 Å². The number of amides is 2. The number of hydrogen-bond acceptors (Lipinski definition) is 2. The SMILES string of the molecule is CC(C)CNC(=O)[C@@H]1c2ccccc2C(=O)N(C2CCCCC2)C12CCCC2. The molecule has 2 aliphatic carbocycles. The molecule has 28 heavy (non-hydrogen) atoms. The van der Waals surface area contributed by atoms with Gasteiger partial charge in [0, 0.05) is 18.2 Å². The molecule has 4 heteroatoms. The van der Waals surface area contributed by atoms with Crippen molar-refractivity contribution in [3.63, 3.8) is 0 Å². The van der Waals surface area contributed by atoms with Crippen molar-refractivity contribution in [2.75, 3.05) is 6.54 Å². The van der Waals surface area contributed by atoms with Gasteiger partial charge in [-0.2, -0.15) is 0 Å². The van der Waals surface area contributed by atoms with E-state index in [9.17, 15) is 9.59 Å². The maximum absolute atomic E-state index is 13.7. The Kier molecular flexibility index (Phi) is 5.48. The number of benzene rings is 1. The number of nitrogens with one attached hydrogen (secondary N) is 1. The fourth-order valence-electron chi connectivity index (χ4n) is 5.88. The summed E-state index contributed by atoms with van der Waals surface area (Å²) in [5.74, 6) is 0.441. The minimum absolute atomic E-state index is 0.108. The van der Waals surface area contributed by atoms with Crippen LogP contribution in [0, 0.1) is 5.92 Å². The van der Waals surface area contributed by atoms with Gasteiger partial charge in [0.15, 0.2) is 0 Å². The van der Waals surface area contributed by atoms with E-state index in [1.165, 1.54) is 19.3 Å². The molecule has 1 aromatic rings. The van der Waals surface area contributed by atoms with Gasteiger partial charge in [-0.1, -0.05) is 64.2 Å². The molecule has 1 N–H and O–H groups in total. The van der Waals surface area contributed by atoms with Gasteiger partial charge in [-0.3, -0.25) is 9.59 Å². The van der Waals surface area contributed by atoms with Crippen LogP contribution < -0.4 is 5.32 Å². The van der Waals surface area contributed by atoms with E-state index in [2.05, 4.69) is 24.1 Å². The highest BCUT2D eigenvalue weighted by Gasteiger charge is 2.57. The summed E-state index contributed by atoms with van der Waals surface area (Å²) in [6, 6.07) is 8.15. The van der Waals surface area contributed by atoms with Crippen molar-refractivity contribution in [3.8, 4) is 0 Å². The molecule has 0 unspecified atom stereocenters. The first-order valence-electron chi connectivity index (χ1n) is 11.2. The summed E-state index contributed by atoms with van der Waals surface area (Å²) in [5.41, 5.74) is 1.35. The van der Waals surface area contributed by atoms with E-state index in [1.807, 2.05) is 24.3 Å². The van der Waals surface area contributed by atoms with Crippen molar-refractivity contribution in [2.24, 2.45) is 5.92 Å². The summed E-state index contributed by atoms with van der Waals surface area (Å²) in [4.78, 5) is 29.4. The van der Waals surface area contributed by atoms with Gasteiger partial charge in [0.1, 0.15) is 0 Å². The Bertz CT molecular complexity index is 730. The van der Waals surface area contributed by atoms with Gasteiger partial charge in [0.05, 0.1) is 11.5 Å². The summed E-state index contributed by atoms with van der Waals surface area (Å²) in [6.45, 7) is 4.93. The van der Waals surface area contributed by atoms with Gasteiger partial charge in [-0.05, 0) is 43.2 Å². The lowest BCUT2D eigenvalue weighted by Gasteiger charge is -2.54. The molecule has 2 saturated carbocycles. The molecular formula is C24H34N2O2. The van der Waals surface area contributed by atoms with Crippen LogP contribution in [0.25, 0.3) is 0 Å². The second-order valence-corrected chi connectivity index (χ2v) is 9.44. The Labute approximate surface area is 169 Å². The number of nitrogens with zero attached hydrogens (tertiary/aromatic N) is 1. The van der Waals surface area contributed by atoms with Crippen LogP contribution in [0.3, 0.4) is 0 Å². The predicted octanol–water partition coefficient (Wildman–Crippen LogP) is 4.64. The van der Waals surface area contributed by atoms with E-state index < -0.39 is 0 Å². The highest BCUT2D eigenvalue weighted by Crippen LogP contribution is 2.52. The molecule has 4 rings (SSSR count). The van der Waals surface area contributed by atoms with E-state index in [0.29, 0.717) is 12.5 Å². The quantitative estimate of drug-likeness (QED) is 0.824. The summed E-state index contributed by atoms with van der Waals surface area (Å²) in [6.07, 6.45) is 9.91. The van der Waals surface area contributed by atoms with Crippen LogP contribution in [0.1, 0.15) is 93.5 Å². The number of rotatable bonds is 4. The molecule has 0 saturated heterocycles. The fraction of sp³-hybridized carbons (Fsp3) is 0.667. The second-order valence-electron chi connectivity index (χ2n) is 9.44. The molecule has 1 aromatic carbocycles. The fourth-order valence-corrected chi connectivity index (χ4v) is 5.88. The Morgan fingerprint density at radius 2 is 1.79 bits per heavy atom. The lowest BCUT2D eigenvalue weighted by molar-refractivity contribution is -0.127. The average molecular weight is 383 g/mol. The zero-order valence-electron chi connectivity index (χ0n) is 17.4. The van der Waals surface area contributed by atoms with Crippen LogP contribution in [0.2, 0.25) is 0 Å².